The summed E-state index contributed by atoms with van der Waals surface area (Å²) in [6.07, 6.45) is 6.89. The fourth-order valence-electron chi connectivity index (χ4n) is 6.16. The molecule has 0 atom stereocenters. The molecule has 4 bridgehead atoms. The Kier molecular flexibility index (Phi) is 3.81. The molecule has 2 aromatic rings. The number of methoxy groups -OCH3 is 1. The summed E-state index contributed by atoms with van der Waals surface area (Å²) < 4.78 is 10.6. The molecule has 4 aliphatic carbocycles. The van der Waals surface area contributed by atoms with Crippen molar-refractivity contribution >= 4 is 22.7 Å². The van der Waals surface area contributed by atoms with Crippen molar-refractivity contribution in [1.82, 2.24) is 4.98 Å². The number of esters is 1. The molecular weight excluding hydrogens is 342 g/mol. The Hall–Kier alpha value is -2.30. The first-order chi connectivity index (χ1) is 13.0. The number of carbonyl (C=O) groups excluding carboxylic acids is 2. The minimum absolute atomic E-state index is 0.107. The third kappa shape index (κ3) is 2.84. The monoisotopic (exact) mass is 367 g/mol. The van der Waals surface area contributed by atoms with Crippen molar-refractivity contribution < 1.29 is 19.1 Å². The molecule has 0 amide bonds. The molecule has 0 aliphatic heterocycles. The second-order valence-electron chi connectivity index (χ2n) is 8.83. The quantitative estimate of drug-likeness (QED) is 0.807. The van der Waals surface area contributed by atoms with E-state index in [4.69, 9.17) is 9.47 Å². The zero-order valence-corrected chi connectivity index (χ0v) is 15.6. The number of benzene rings is 1. The fourth-order valence-corrected chi connectivity index (χ4v) is 6.16. The van der Waals surface area contributed by atoms with E-state index < -0.39 is 5.97 Å². The summed E-state index contributed by atoms with van der Waals surface area (Å²) in [5.74, 6) is 2.51. The van der Waals surface area contributed by atoms with Crippen LogP contribution in [0.15, 0.2) is 24.3 Å². The Morgan fingerprint density at radius 1 is 1.07 bits per heavy atom. The van der Waals surface area contributed by atoms with Crippen molar-refractivity contribution in [3.63, 3.8) is 0 Å². The highest BCUT2D eigenvalue weighted by Crippen LogP contribution is 2.60. The van der Waals surface area contributed by atoms with Gasteiger partial charge in [-0.1, -0.05) is 0 Å². The van der Waals surface area contributed by atoms with Crippen LogP contribution in [0.3, 0.4) is 0 Å². The third-order valence-corrected chi connectivity index (χ3v) is 7.01. The Labute approximate surface area is 158 Å². The molecule has 27 heavy (non-hydrogen) atoms. The molecule has 1 aromatic heterocycles. The smallest absolute Gasteiger partial charge is 0.355 e. The van der Waals surface area contributed by atoms with E-state index in [1.807, 2.05) is 18.2 Å². The van der Waals surface area contributed by atoms with Gasteiger partial charge in [0, 0.05) is 22.4 Å². The standard InChI is InChI=1S/C22H25NO4/c1-26-17-3-2-16-7-19(23-18(16)8-17)21(25)27-12-20(24)22-9-13-4-14(10-22)6-15(5-13)11-22/h2-3,7-8,13-15,23H,4-6,9-12H2,1H3. The molecule has 5 heteroatoms. The summed E-state index contributed by atoms with van der Waals surface area (Å²) >= 11 is 0. The number of ether oxygens (including phenoxy) is 2. The highest BCUT2D eigenvalue weighted by molar-refractivity contribution is 5.96. The maximum Gasteiger partial charge on any atom is 0.355 e. The zero-order valence-electron chi connectivity index (χ0n) is 15.6. The Morgan fingerprint density at radius 3 is 2.37 bits per heavy atom. The largest absolute Gasteiger partial charge is 0.497 e. The Balaban J connectivity index is 1.27. The molecule has 6 rings (SSSR count). The minimum atomic E-state index is -0.469. The average molecular weight is 367 g/mol. The normalized spacial score (nSPS) is 31.2. The van der Waals surface area contributed by atoms with Crippen LogP contribution in [0.5, 0.6) is 5.75 Å². The molecule has 0 radical (unpaired) electrons. The van der Waals surface area contributed by atoms with E-state index in [9.17, 15) is 9.59 Å². The van der Waals surface area contributed by atoms with Crippen LogP contribution < -0.4 is 4.74 Å². The first-order valence-electron chi connectivity index (χ1n) is 9.92. The number of hydrogen-bond acceptors (Lipinski definition) is 4. The molecule has 0 saturated heterocycles. The number of nitrogens with one attached hydrogen (secondary N) is 1. The van der Waals surface area contributed by atoms with Gasteiger partial charge >= 0.3 is 5.97 Å². The van der Waals surface area contributed by atoms with Gasteiger partial charge in [-0.15, -0.1) is 0 Å². The number of aromatic nitrogens is 1. The van der Waals surface area contributed by atoms with Gasteiger partial charge in [0.2, 0.25) is 0 Å². The van der Waals surface area contributed by atoms with Crippen molar-refractivity contribution in [2.24, 2.45) is 23.2 Å². The Morgan fingerprint density at radius 2 is 1.74 bits per heavy atom. The van der Waals surface area contributed by atoms with Crippen molar-refractivity contribution in [2.45, 2.75) is 38.5 Å². The predicted octanol–water partition coefficient (Wildman–Crippen LogP) is 4.12. The molecule has 4 saturated carbocycles. The van der Waals surface area contributed by atoms with Crippen LogP contribution in [0.1, 0.15) is 49.0 Å². The van der Waals surface area contributed by atoms with E-state index >= 15 is 0 Å². The van der Waals surface area contributed by atoms with Crippen LogP contribution in [0, 0.1) is 23.2 Å². The summed E-state index contributed by atoms with van der Waals surface area (Å²) in [6.45, 7) is -0.107. The second kappa shape index (κ2) is 6.11. The van der Waals surface area contributed by atoms with Gasteiger partial charge in [-0.05, 0) is 74.5 Å². The summed E-state index contributed by atoms with van der Waals surface area (Å²) in [5, 5.41) is 0.912. The zero-order chi connectivity index (χ0) is 18.6. The lowest BCUT2D eigenvalue weighted by molar-refractivity contribution is -0.147. The Bertz CT molecular complexity index is 877. The lowest BCUT2D eigenvalue weighted by atomic mass is 9.48. The topological polar surface area (TPSA) is 68.4 Å². The van der Waals surface area contributed by atoms with Crippen molar-refractivity contribution in [3.05, 3.63) is 30.0 Å². The van der Waals surface area contributed by atoms with Crippen molar-refractivity contribution in [3.8, 4) is 5.75 Å². The van der Waals surface area contributed by atoms with Gasteiger partial charge in [0.05, 0.1) is 7.11 Å². The maximum atomic E-state index is 13.0. The molecule has 1 N–H and O–H groups in total. The number of Topliss-reactive ketones (excluding diaryl/α,β-unsaturated/α-hetero) is 1. The lowest BCUT2D eigenvalue weighted by Crippen LogP contribution is -2.51. The van der Waals surface area contributed by atoms with E-state index in [1.165, 1.54) is 19.3 Å². The van der Waals surface area contributed by atoms with Crippen LogP contribution in [0.2, 0.25) is 0 Å². The van der Waals surface area contributed by atoms with Gasteiger partial charge in [0.1, 0.15) is 11.4 Å². The molecule has 0 spiro atoms. The highest BCUT2D eigenvalue weighted by Gasteiger charge is 2.54. The second-order valence-corrected chi connectivity index (χ2v) is 8.83. The summed E-state index contributed by atoms with van der Waals surface area (Å²) in [7, 11) is 1.61. The molecule has 0 unspecified atom stereocenters. The van der Waals surface area contributed by atoms with E-state index in [-0.39, 0.29) is 17.8 Å². The van der Waals surface area contributed by atoms with Crippen molar-refractivity contribution in [2.75, 3.05) is 13.7 Å². The molecule has 1 aromatic carbocycles. The third-order valence-electron chi connectivity index (χ3n) is 7.01. The van der Waals surface area contributed by atoms with E-state index in [0.717, 1.165) is 35.9 Å². The SMILES string of the molecule is COc1ccc2cc(C(=O)OCC(=O)C34CC5CC(CC(C5)C3)C4)[nH]c2c1. The molecule has 5 nitrogen and oxygen atoms in total. The van der Waals surface area contributed by atoms with Gasteiger partial charge in [0.15, 0.2) is 12.4 Å². The van der Waals surface area contributed by atoms with Crippen LogP contribution >= 0.6 is 0 Å². The van der Waals surface area contributed by atoms with E-state index in [1.54, 1.807) is 13.2 Å². The number of carbonyl (C=O) groups is 2. The fraction of sp³-hybridized carbons (Fsp3) is 0.545. The molecular formula is C22H25NO4. The average Bonchev–Trinajstić information content (AvgIpc) is 3.08. The minimum Gasteiger partial charge on any atom is -0.497 e. The van der Waals surface area contributed by atoms with Gasteiger partial charge in [-0.25, -0.2) is 4.79 Å². The van der Waals surface area contributed by atoms with Gasteiger partial charge in [0.25, 0.3) is 0 Å². The number of rotatable bonds is 5. The van der Waals surface area contributed by atoms with Crippen LogP contribution in [-0.4, -0.2) is 30.5 Å². The van der Waals surface area contributed by atoms with Gasteiger partial charge in [-0.2, -0.15) is 0 Å². The summed E-state index contributed by atoms with van der Waals surface area (Å²) in [4.78, 5) is 28.5. The number of fused-ring (bicyclic) bond motifs is 1. The molecule has 4 fully saturated rings. The highest BCUT2D eigenvalue weighted by atomic mass is 16.5. The summed E-state index contributed by atoms with van der Waals surface area (Å²) in [6, 6.07) is 7.34. The lowest BCUT2D eigenvalue weighted by Gasteiger charge is -2.55. The molecule has 4 aliphatic rings. The van der Waals surface area contributed by atoms with Crippen LogP contribution in [0.25, 0.3) is 10.9 Å². The number of hydrogen-bond donors (Lipinski definition) is 1. The number of H-pyrrole nitrogens is 1. The van der Waals surface area contributed by atoms with Crippen LogP contribution in [-0.2, 0) is 9.53 Å². The molecule has 142 valence electrons. The first-order valence-corrected chi connectivity index (χ1v) is 9.92. The van der Waals surface area contributed by atoms with Gasteiger partial charge < -0.3 is 14.5 Å². The number of aromatic amines is 1. The van der Waals surface area contributed by atoms with E-state index in [0.29, 0.717) is 23.4 Å². The van der Waals surface area contributed by atoms with E-state index in [2.05, 4.69) is 4.98 Å². The van der Waals surface area contributed by atoms with Crippen LogP contribution in [0.4, 0.5) is 0 Å². The molecule has 1 heterocycles. The summed E-state index contributed by atoms with van der Waals surface area (Å²) in [5.41, 5.74) is 0.966. The predicted molar refractivity (Wildman–Crippen MR) is 101 cm³/mol. The van der Waals surface area contributed by atoms with Crippen molar-refractivity contribution in [1.29, 1.82) is 0 Å². The first kappa shape index (κ1) is 16.8. The maximum absolute atomic E-state index is 13.0. The van der Waals surface area contributed by atoms with Gasteiger partial charge in [-0.3, -0.25) is 4.79 Å². The number of ketones is 1.